The Labute approximate surface area is 128 Å². The zero-order valence-electron chi connectivity index (χ0n) is 13.5. The van der Waals surface area contributed by atoms with Gasteiger partial charge in [0.05, 0.1) is 0 Å². The molecule has 0 bridgehead atoms. The Bertz CT molecular complexity index is 449. The molecule has 3 heteroatoms. The number of likely N-dealkylation sites (N-methyl/N-ethyl adjacent to an activating group) is 1. The van der Waals surface area contributed by atoms with Crippen molar-refractivity contribution in [2.75, 3.05) is 6.54 Å². The molecular formula is C18H28FNO. The van der Waals surface area contributed by atoms with Crippen LogP contribution in [0.15, 0.2) is 18.2 Å². The van der Waals surface area contributed by atoms with E-state index in [0.717, 1.165) is 19.4 Å². The maximum absolute atomic E-state index is 14.2. The number of ether oxygens (including phenoxy) is 1. The molecule has 21 heavy (non-hydrogen) atoms. The van der Waals surface area contributed by atoms with Crippen LogP contribution in [0.3, 0.4) is 0 Å². The van der Waals surface area contributed by atoms with Crippen molar-refractivity contribution in [3.63, 3.8) is 0 Å². The van der Waals surface area contributed by atoms with Gasteiger partial charge in [-0.25, -0.2) is 4.39 Å². The fraction of sp³-hybridized carbons (Fsp3) is 0.667. The van der Waals surface area contributed by atoms with Gasteiger partial charge in [-0.05, 0) is 50.3 Å². The highest BCUT2D eigenvalue weighted by Gasteiger charge is 2.31. The zero-order valence-corrected chi connectivity index (χ0v) is 13.5. The highest BCUT2D eigenvalue weighted by Crippen LogP contribution is 2.32. The molecule has 0 aromatic heterocycles. The summed E-state index contributed by atoms with van der Waals surface area (Å²) in [4.78, 5) is 0. The molecule has 2 rings (SSSR count). The van der Waals surface area contributed by atoms with Crippen LogP contribution in [0.1, 0.15) is 51.5 Å². The molecule has 1 fully saturated rings. The van der Waals surface area contributed by atoms with E-state index in [1.807, 2.05) is 6.07 Å². The van der Waals surface area contributed by atoms with Crippen LogP contribution in [0, 0.1) is 18.7 Å². The molecule has 1 aromatic carbocycles. The monoisotopic (exact) mass is 293 g/mol. The van der Waals surface area contributed by atoms with Crippen LogP contribution in [0.2, 0.25) is 0 Å². The third-order valence-electron chi connectivity index (χ3n) is 4.50. The largest absolute Gasteiger partial charge is 0.486 e. The molecule has 1 aliphatic rings. The van der Waals surface area contributed by atoms with Crippen molar-refractivity contribution >= 4 is 0 Å². The lowest BCUT2D eigenvalue weighted by molar-refractivity contribution is 0.0803. The van der Waals surface area contributed by atoms with E-state index in [1.165, 1.54) is 19.3 Å². The normalized spacial score (nSPS) is 25.8. The molecule has 118 valence electrons. The van der Waals surface area contributed by atoms with Gasteiger partial charge in [-0.15, -0.1) is 0 Å². The fourth-order valence-corrected chi connectivity index (χ4v) is 3.38. The van der Waals surface area contributed by atoms with E-state index in [0.29, 0.717) is 23.3 Å². The SMILES string of the molecule is CCCC1CCC(NCC)C(Oc2cccc(C)c2F)C1. The van der Waals surface area contributed by atoms with E-state index in [-0.39, 0.29) is 11.9 Å². The molecule has 1 N–H and O–H groups in total. The topological polar surface area (TPSA) is 21.3 Å². The van der Waals surface area contributed by atoms with Crippen LogP contribution < -0.4 is 10.1 Å². The molecule has 1 saturated carbocycles. The van der Waals surface area contributed by atoms with Gasteiger partial charge in [-0.1, -0.05) is 38.8 Å². The number of halogens is 1. The van der Waals surface area contributed by atoms with E-state index in [4.69, 9.17) is 4.74 Å². The third-order valence-corrected chi connectivity index (χ3v) is 4.50. The standard InChI is InChI=1S/C18H28FNO/c1-4-7-14-10-11-15(20-5-2)17(12-14)21-16-9-6-8-13(3)18(16)19/h6,8-9,14-15,17,20H,4-5,7,10-12H2,1-3H3. The number of benzene rings is 1. The average Bonchev–Trinajstić information content (AvgIpc) is 2.47. The van der Waals surface area contributed by atoms with Crippen LogP contribution in [0.5, 0.6) is 5.75 Å². The smallest absolute Gasteiger partial charge is 0.167 e. The van der Waals surface area contributed by atoms with Gasteiger partial charge in [0, 0.05) is 6.04 Å². The Hall–Kier alpha value is -1.09. The van der Waals surface area contributed by atoms with Crippen molar-refractivity contribution in [3.8, 4) is 5.75 Å². The molecule has 3 unspecified atom stereocenters. The van der Waals surface area contributed by atoms with Gasteiger partial charge in [0.25, 0.3) is 0 Å². The fourth-order valence-electron chi connectivity index (χ4n) is 3.38. The van der Waals surface area contributed by atoms with E-state index < -0.39 is 0 Å². The number of hydrogen-bond donors (Lipinski definition) is 1. The second-order valence-corrected chi connectivity index (χ2v) is 6.18. The van der Waals surface area contributed by atoms with Gasteiger partial charge < -0.3 is 10.1 Å². The molecule has 2 nitrogen and oxygen atoms in total. The van der Waals surface area contributed by atoms with E-state index >= 15 is 0 Å². The Morgan fingerprint density at radius 1 is 1.29 bits per heavy atom. The summed E-state index contributed by atoms with van der Waals surface area (Å²) in [5, 5.41) is 3.50. The van der Waals surface area contributed by atoms with Crippen molar-refractivity contribution in [3.05, 3.63) is 29.6 Å². The maximum Gasteiger partial charge on any atom is 0.167 e. The second kappa shape index (κ2) is 7.79. The highest BCUT2D eigenvalue weighted by molar-refractivity contribution is 5.30. The minimum absolute atomic E-state index is 0.0755. The quantitative estimate of drug-likeness (QED) is 0.836. The summed E-state index contributed by atoms with van der Waals surface area (Å²) in [6.07, 6.45) is 5.93. The Morgan fingerprint density at radius 3 is 2.81 bits per heavy atom. The van der Waals surface area contributed by atoms with Crippen LogP contribution >= 0.6 is 0 Å². The van der Waals surface area contributed by atoms with Crippen molar-refractivity contribution in [1.82, 2.24) is 5.32 Å². The summed E-state index contributed by atoms with van der Waals surface area (Å²) >= 11 is 0. The number of nitrogens with one attached hydrogen (secondary N) is 1. The molecule has 0 heterocycles. The summed E-state index contributed by atoms with van der Waals surface area (Å²) in [5.41, 5.74) is 0.647. The lowest BCUT2D eigenvalue weighted by atomic mass is 9.81. The van der Waals surface area contributed by atoms with Gasteiger partial charge in [-0.3, -0.25) is 0 Å². The van der Waals surface area contributed by atoms with Crippen molar-refractivity contribution in [2.24, 2.45) is 5.92 Å². The lowest BCUT2D eigenvalue weighted by Crippen LogP contribution is -2.47. The number of rotatable bonds is 6. The summed E-state index contributed by atoms with van der Waals surface area (Å²) < 4.78 is 20.2. The second-order valence-electron chi connectivity index (χ2n) is 6.18. The predicted octanol–water partition coefficient (Wildman–Crippen LogP) is 4.46. The Kier molecular flexibility index (Phi) is 6.04. The summed E-state index contributed by atoms with van der Waals surface area (Å²) in [5.74, 6) is 0.896. The van der Waals surface area contributed by atoms with Gasteiger partial charge >= 0.3 is 0 Å². The molecule has 0 saturated heterocycles. The van der Waals surface area contributed by atoms with Crippen LogP contribution in [0.25, 0.3) is 0 Å². The summed E-state index contributed by atoms with van der Waals surface area (Å²) in [6.45, 7) is 7.05. The minimum atomic E-state index is -0.217. The van der Waals surface area contributed by atoms with Crippen LogP contribution in [-0.4, -0.2) is 18.7 Å². The van der Waals surface area contributed by atoms with Crippen molar-refractivity contribution in [2.45, 2.75) is 65.0 Å². The molecule has 0 aliphatic heterocycles. The first-order valence-corrected chi connectivity index (χ1v) is 8.30. The van der Waals surface area contributed by atoms with Gasteiger partial charge in [0.1, 0.15) is 6.10 Å². The van der Waals surface area contributed by atoms with Gasteiger partial charge in [-0.2, -0.15) is 0 Å². The van der Waals surface area contributed by atoms with Crippen LogP contribution in [-0.2, 0) is 0 Å². The van der Waals surface area contributed by atoms with E-state index in [2.05, 4.69) is 19.2 Å². The number of aryl methyl sites for hydroxylation is 1. The van der Waals surface area contributed by atoms with Crippen LogP contribution in [0.4, 0.5) is 4.39 Å². The molecular weight excluding hydrogens is 265 g/mol. The lowest BCUT2D eigenvalue weighted by Gasteiger charge is -2.36. The first-order chi connectivity index (χ1) is 10.2. The Morgan fingerprint density at radius 2 is 2.10 bits per heavy atom. The molecule has 1 aromatic rings. The van der Waals surface area contributed by atoms with E-state index in [1.54, 1.807) is 19.1 Å². The molecule has 0 spiro atoms. The van der Waals surface area contributed by atoms with Crippen molar-refractivity contribution in [1.29, 1.82) is 0 Å². The average molecular weight is 293 g/mol. The predicted molar refractivity (Wildman–Crippen MR) is 85.3 cm³/mol. The summed E-state index contributed by atoms with van der Waals surface area (Å²) in [7, 11) is 0. The first kappa shape index (κ1) is 16.3. The molecule has 1 aliphatic carbocycles. The van der Waals surface area contributed by atoms with Crippen molar-refractivity contribution < 1.29 is 9.13 Å². The summed E-state index contributed by atoms with van der Waals surface area (Å²) in [6, 6.07) is 5.73. The number of hydrogen-bond acceptors (Lipinski definition) is 2. The molecule has 0 radical (unpaired) electrons. The zero-order chi connectivity index (χ0) is 15.2. The maximum atomic E-state index is 14.2. The third kappa shape index (κ3) is 4.19. The Balaban J connectivity index is 2.09. The van der Waals surface area contributed by atoms with Gasteiger partial charge in [0.2, 0.25) is 0 Å². The minimum Gasteiger partial charge on any atom is -0.486 e. The van der Waals surface area contributed by atoms with Gasteiger partial charge in [0.15, 0.2) is 11.6 Å². The first-order valence-electron chi connectivity index (χ1n) is 8.30. The molecule has 0 amide bonds. The molecule has 3 atom stereocenters. The van der Waals surface area contributed by atoms with E-state index in [9.17, 15) is 4.39 Å². The highest BCUT2D eigenvalue weighted by atomic mass is 19.1.